The van der Waals surface area contributed by atoms with Gasteiger partial charge in [0.2, 0.25) is 5.95 Å². The standard InChI is InChI=1S/C22H16F3N5O2S/c1-12-20(33-13(2)26-12)18-11-17(14-7-9-15(10-8-14)22(23,24)25)28-21(29-18)27-16-5-3-4-6-19(16)30(31)32/h3-11H,1-2H3,(H,27,28,29). The Labute approximate surface area is 190 Å². The maximum absolute atomic E-state index is 13.0. The van der Waals surface area contributed by atoms with E-state index >= 15 is 0 Å². The van der Waals surface area contributed by atoms with E-state index in [0.29, 0.717) is 17.0 Å². The Hall–Kier alpha value is -3.86. The van der Waals surface area contributed by atoms with Gasteiger partial charge >= 0.3 is 6.18 Å². The molecule has 2 aromatic carbocycles. The molecule has 7 nitrogen and oxygen atoms in total. The predicted molar refractivity (Wildman–Crippen MR) is 119 cm³/mol. The van der Waals surface area contributed by atoms with Crippen LogP contribution in [0.5, 0.6) is 0 Å². The highest BCUT2D eigenvalue weighted by atomic mass is 32.1. The average Bonchev–Trinajstić information content (AvgIpc) is 3.11. The van der Waals surface area contributed by atoms with Crippen molar-refractivity contribution >= 4 is 28.7 Å². The van der Waals surface area contributed by atoms with E-state index in [1.54, 1.807) is 12.1 Å². The van der Waals surface area contributed by atoms with Crippen LogP contribution in [-0.2, 0) is 6.18 Å². The molecule has 0 spiro atoms. The van der Waals surface area contributed by atoms with Gasteiger partial charge in [-0.1, -0.05) is 24.3 Å². The van der Waals surface area contributed by atoms with Gasteiger partial charge in [-0.3, -0.25) is 10.1 Å². The molecule has 0 aliphatic heterocycles. The van der Waals surface area contributed by atoms with E-state index in [9.17, 15) is 23.3 Å². The van der Waals surface area contributed by atoms with Crippen LogP contribution in [0.25, 0.3) is 21.8 Å². The lowest BCUT2D eigenvalue weighted by Gasteiger charge is -2.11. The number of anilines is 2. The third-order valence-corrected chi connectivity index (χ3v) is 5.81. The van der Waals surface area contributed by atoms with Crippen molar-refractivity contribution in [2.24, 2.45) is 0 Å². The fourth-order valence-corrected chi connectivity index (χ4v) is 4.11. The third-order valence-electron chi connectivity index (χ3n) is 4.72. The highest BCUT2D eigenvalue weighted by Crippen LogP contribution is 2.35. The van der Waals surface area contributed by atoms with Gasteiger partial charge in [-0.05, 0) is 38.1 Å². The Morgan fingerprint density at radius 3 is 2.24 bits per heavy atom. The number of benzene rings is 2. The summed E-state index contributed by atoms with van der Waals surface area (Å²) in [6, 6.07) is 12.3. The summed E-state index contributed by atoms with van der Waals surface area (Å²) in [5.41, 5.74) is 1.31. The van der Waals surface area contributed by atoms with Crippen LogP contribution in [0.15, 0.2) is 54.6 Å². The molecule has 1 N–H and O–H groups in total. The van der Waals surface area contributed by atoms with Crippen molar-refractivity contribution in [2.75, 3.05) is 5.32 Å². The number of thiazole rings is 1. The van der Waals surface area contributed by atoms with Crippen LogP contribution in [0, 0.1) is 24.0 Å². The molecule has 2 heterocycles. The van der Waals surface area contributed by atoms with E-state index < -0.39 is 16.7 Å². The lowest BCUT2D eigenvalue weighted by molar-refractivity contribution is -0.383. The number of nitrogens with one attached hydrogen (secondary N) is 1. The first-order valence-corrected chi connectivity index (χ1v) is 10.4. The number of nitrogens with zero attached hydrogens (tertiary/aromatic N) is 4. The van der Waals surface area contributed by atoms with Crippen LogP contribution >= 0.6 is 11.3 Å². The molecular weight excluding hydrogens is 455 g/mol. The molecule has 0 aliphatic carbocycles. The van der Waals surface area contributed by atoms with Crippen LogP contribution < -0.4 is 5.32 Å². The summed E-state index contributed by atoms with van der Waals surface area (Å²) in [6.07, 6.45) is -4.45. The Kier molecular flexibility index (Phi) is 5.81. The van der Waals surface area contributed by atoms with Crippen molar-refractivity contribution in [1.82, 2.24) is 15.0 Å². The number of hydrogen-bond donors (Lipinski definition) is 1. The fourth-order valence-electron chi connectivity index (χ4n) is 3.23. The fraction of sp³-hybridized carbons (Fsp3) is 0.136. The van der Waals surface area contributed by atoms with Gasteiger partial charge < -0.3 is 5.32 Å². The summed E-state index contributed by atoms with van der Waals surface area (Å²) in [6.45, 7) is 3.68. The van der Waals surface area contributed by atoms with E-state index in [0.717, 1.165) is 27.7 Å². The van der Waals surface area contributed by atoms with Crippen LogP contribution in [0.3, 0.4) is 0 Å². The number of para-hydroxylation sites is 2. The molecule has 0 saturated heterocycles. The summed E-state index contributed by atoms with van der Waals surface area (Å²) >= 11 is 1.41. The molecule has 2 aromatic heterocycles. The first kappa shape index (κ1) is 22.3. The number of rotatable bonds is 5. The molecule has 0 amide bonds. The zero-order chi connectivity index (χ0) is 23.8. The molecule has 0 unspecified atom stereocenters. The Balaban J connectivity index is 1.83. The molecule has 0 bridgehead atoms. The molecule has 168 valence electrons. The van der Waals surface area contributed by atoms with Crippen LogP contribution in [0.4, 0.5) is 30.5 Å². The average molecular weight is 471 g/mol. The minimum atomic E-state index is -4.45. The number of aryl methyl sites for hydroxylation is 2. The number of halogens is 3. The maximum atomic E-state index is 13.0. The first-order valence-electron chi connectivity index (χ1n) is 9.63. The van der Waals surface area contributed by atoms with Gasteiger partial charge in [0.1, 0.15) is 5.69 Å². The summed E-state index contributed by atoms with van der Waals surface area (Å²) in [5, 5.41) is 15.1. The SMILES string of the molecule is Cc1nc(C)c(-c2cc(-c3ccc(C(F)(F)F)cc3)nc(Nc3ccccc3[N+](=O)[O-])n2)s1. The molecular formula is C22H16F3N5O2S. The zero-order valence-corrected chi connectivity index (χ0v) is 18.2. The topological polar surface area (TPSA) is 93.8 Å². The summed E-state index contributed by atoms with van der Waals surface area (Å²) in [4.78, 5) is 24.9. The molecule has 0 saturated carbocycles. The molecule has 0 radical (unpaired) electrons. The van der Waals surface area contributed by atoms with Gasteiger partial charge in [0.25, 0.3) is 5.69 Å². The third kappa shape index (κ3) is 4.82. The second kappa shape index (κ2) is 8.58. The summed E-state index contributed by atoms with van der Waals surface area (Å²) in [7, 11) is 0. The van der Waals surface area contributed by atoms with Crippen molar-refractivity contribution in [3.8, 4) is 21.8 Å². The molecule has 11 heteroatoms. The van der Waals surface area contributed by atoms with Gasteiger partial charge in [0, 0.05) is 11.6 Å². The van der Waals surface area contributed by atoms with Gasteiger partial charge in [-0.2, -0.15) is 13.2 Å². The number of nitro benzene ring substituents is 1. The Morgan fingerprint density at radius 1 is 0.970 bits per heavy atom. The Bertz CT molecular complexity index is 1340. The van der Waals surface area contributed by atoms with Gasteiger partial charge in [0.15, 0.2) is 0 Å². The minimum absolute atomic E-state index is 0.0714. The molecule has 33 heavy (non-hydrogen) atoms. The lowest BCUT2D eigenvalue weighted by atomic mass is 10.1. The van der Waals surface area contributed by atoms with Crippen LogP contribution in [0.2, 0.25) is 0 Å². The van der Waals surface area contributed by atoms with Crippen molar-refractivity contribution in [1.29, 1.82) is 0 Å². The van der Waals surface area contributed by atoms with Crippen molar-refractivity contribution in [2.45, 2.75) is 20.0 Å². The molecule has 0 fully saturated rings. The second-order valence-corrected chi connectivity index (χ2v) is 8.29. The molecule has 4 rings (SSSR count). The minimum Gasteiger partial charge on any atom is -0.318 e. The number of nitro groups is 1. The van der Waals surface area contributed by atoms with Gasteiger partial charge in [0.05, 0.1) is 37.5 Å². The van der Waals surface area contributed by atoms with E-state index in [1.807, 2.05) is 13.8 Å². The van der Waals surface area contributed by atoms with E-state index in [2.05, 4.69) is 20.3 Å². The predicted octanol–water partition coefficient (Wildman–Crippen LogP) is 6.55. The highest BCUT2D eigenvalue weighted by molar-refractivity contribution is 7.15. The number of aromatic nitrogens is 3. The van der Waals surface area contributed by atoms with Crippen LogP contribution in [0.1, 0.15) is 16.3 Å². The second-order valence-electron chi connectivity index (χ2n) is 7.08. The van der Waals surface area contributed by atoms with Crippen molar-refractivity contribution in [3.05, 3.63) is 81.0 Å². The van der Waals surface area contributed by atoms with Gasteiger partial charge in [-0.25, -0.2) is 15.0 Å². The first-order chi connectivity index (χ1) is 15.6. The van der Waals surface area contributed by atoms with Gasteiger partial charge in [-0.15, -0.1) is 11.3 Å². The monoisotopic (exact) mass is 471 g/mol. The highest BCUT2D eigenvalue weighted by Gasteiger charge is 2.30. The van der Waals surface area contributed by atoms with E-state index in [4.69, 9.17) is 0 Å². The zero-order valence-electron chi connectivity index (χ0n) is 17.3. The van der Waals surface area contributed by atoms with Crippen LogP contribution in [-0.4, -0.2) is 19.9 Å². The largest absolute Gasteiger partial charge is 0.416 e. The normalized spacial score (nSPS) is 11.4. The van der Waals surface area contributed by atoms with Crippen molar-refractivity contribution < 1.29 is 18.1 Å². The molecule has 0 atom stereocenters. The molecule has 0 aliphatic rings. The van der Waals surface area contributed by atoms with E-state index in [-0.39, 0.29) is 17.3 Å². The maximum Gasteiger partial charge on any atom is 0.416 e. The van der Waals surface area contributed by atoms with Crippen molar-refractivity contribution in [3.63, 3.8) is 0 Å². The number of alkyl halides is 3. The smallest absolute Gasteiger partial charge is 0.318 e. The quantitative estimate of drug-likeness (QED) is 0.262. The molecule has 4 aromatic rings. The summed E-state index contributed by atoms with van der Waals surface area (Å²) in [5.74, 6) is 0.0714. The summed E-state index contributed by atoms with van der Waals surface area (Å²) < 4.78 is 38.9. The lowest BCUT2D eigenvalue weighted by Crippen LogP contribution is -2.05. The number of hydrogen-bond acceptors (Lipinski definition) is 7. The van der Waals surface area contributed by atoms with E-state index in [1.165, 1.54) is 41.7 Å². The Morgan fingerprint density at radius 2 is 1.64 bits per heavy atom.